The predicted octanol–water partition coefficient (Wildman–Crippen LogP) is -2.19. The molecule has 26 nitrogen and oxygen atoms in total. The van der Waals surface area contributed by atoms with Gasteiger partial charge in [0.05, 0.1) is 49.5 Å². The summed E-state index contributed by atoms with van der Waals surface area (Å²) in [5, 5.41) is 154. The van der Waals surface area contributed by atoms with Crippen molar-refractivity contribution in [2.75, 3.05) is 26.4 Å². The molecular formula is C58H90O26. The first kappa shape index (κ1) is 65.7. The monoisotopic (exact) mass is 1200 g/mol. The summed E-state index contributed by atoms with van der Waals surface area (Å²) in [6.45, 7) is 13.1. The SMILES string of the molecule is C/C=C(\C)C(=O)O[C@H]1CC(C)(C)C[C@H]2C3=CC[C@@H]4[C@@]5(C)CC[C@H](O[C@@H]6O[C@H](C(=O)O)[C@@H](O)[C@H](O[C@@H]7OC[C@H](O)[C@H](O)[C@H]7OC7O[C@H](CO)[C@@H](O)[C@H](O)[C@@H]7O)[C@H]6O[C@@H]6O[C@H](CO)[C@H](O)[C@H](O)[C@H]6O)[C@@](C)(C=O)[C@@H]5CC[C@@]4(C)[C@]3(C)C[C@@H](O)[C@@]12CO. The molecule has 0 bridgehead atoms. The van der Waals surface area contributed by atoms with Gasteiger partial charge in [0.1, 0.15) is 97.8 Å². The van der Waals surface area contributed by atoms with Gasteiger partial charge in [-0.2, -0.15) is 0 Å². The number of allylic oxidation sites excluding steroid dienone is 3. The molecule has 30 atom stereocenters. The van der Waals surface area contributed by atoms with Crippen molar-refractivity contribution in [2.45, 2.75) is 242 Å². The van der Waals surface area contributed by atoms with E-state index in [0.29, 0.717) is 44.1 Å². The molecule has 8 fully saturated rings. The molecule has 14 N–H and O–H groups in total. The highest BCUT2D eigenvalue weighted by Gasteiger charge is 2.73. The van der Waals surface area contributed by atoms with Crippen molar-refractivity contribution in [1.29, 1.82) is 0 Å². The van der Waals surface area contributed by atoms with Crippen molar-refractivity contribution in [2.24, 2.45) is 50.2 Å². The molecule has 9 aliphatic rings. The van der Waals surface area contributed by atoms with Crippen molar-refractivity contribution in [3.05, 3.63) is 23.3 Å². The fraction of sp³-hybridized carbons (Fsp3) is 0.879. The molecule has 478 valence electrons. The summed E-state index contributed by atoms with van der Waals surface area (Å²) in [7, 11) is 0. The zero-order chi connectivity index (χ0) is 61.7. The number of fused-ring (bicyclic) bond motifs is 7. The number of aliphatic hydroxyl groups excluding tert-OH is 13. The Morgan fingerprint density at radius 1 is 0.655 bits per heavy atom. The number of aliphatic carboxylic acids is 1. The van der Waals surface area contributed by atoms with E-state index in [1.165, 1.54) is 0 Å². The predicted molar refractivity (Wildman–Crippen MR) is 284 cm³/mol. The molecule has 0 aromatic carbocycles. The molecule has 9 rings (SSSR count). The number of hydrogen-bond acceptors (Lipinski definition) is 25. The van der Waals surface area contributed by atoms with Gasteiger partial charge in [-0.1, -0.05) is 59.3 Å². The van der Waals surface area contributed by atoms with E-state index in [1.54, 1.807) is 26.8 Å². The molecule has 0 spiro atoms. The molecule has 1 unspecified atom stereocenters. The minimum Gasteiger partial charge on any atom is -0.479 e. The average Bonchev–Trinajstić information content (AvgIpc) is 0.764. The summed E-state index contributed by atoms with van der Waals surface area (Å²) >= 11 is 0. The molecule has 4 aliphatic heterocycles. The van der Waals surface area contributed by atoms with E-state index in [2.05, 4.69) is 40.7 Å². The standard InChI is InChI=1S/C58H90O26/c1-9-24(2)48(75)79-34-18-53(3,4)16-26-25-10-11-31-54(5)14-13-33(55(6,22-61)30(54)12-15-56(31,7)57(25,8)17-32(64)58(26,34)23-62)80-52-46(84-50-41(71)39(69)37(67)29(20-60)78-50)43(42(72)44(82-52)47(73)74)81-51-45(35(65)27(63)21-76-51)83-49-40(70)38(68)36(66)28(19-59)77-49/h9-10,22,26-46,49-52,59-60,62-72H,11-21,23H2,1-8H3,(H,73,74)/b24-9+/t26-,27-,28+,29+,30+,31+,32+,33-,34-,35-,36+,37-,38-,39-,40-,41+,42-,43-,44-,45+,46+,49?,50-,51-,52+,54-,55-,56+,57+,58-/m0/s1. The molecule has 0 aromatic heterocycles. The third kappa shape index (κ3) is 10.7. The van der Waals surface area contributed by atoms with Crippen molar-refractivity contribution in [3.8, 4) is 0 Å². The van der Waals surface area contributed by atoms with Gasteiger partial charge in [0.2, 0.25) is 0 Å². The number of carboxylic acids is 1. The number of carbonyl (C=O) groups excluding carboxylic acids is 2. The summed E-state index contributed by atoms with van der Waals surface area (Å²) < 4.78 is 54.6. The lowest BCUT2D eigenvalue weighted by molar-refractivity contribution is -0.400. The normalized spacial score (nSPS) is 52.1. The molecule has 0 aromatic rings. The van der Waals surface area contributed by atoms with E-state index >= 15 is 0 Å². The van der Waals surface area contributed by atoms with Crippen LogP contribution in [0.25, 0.3) is 0 Å². The lowest BCUT2D eigenvalue weighted by Gasteiger charge is -2.72. The van der Waals surface area contributed by atoms with Gasteiger partial charge in [-0.05, 0) is 105 Å². The first-order chi connectivity index (χ1) is 39.4. The maximum absolute atomic E-state index is 14.2. The van der Waals surface area contributed by atoms with E-state index in [1.807, 2.05) is 0 Å². The second kappa shape index (κ2) is 24.2. The van der Waals surface area contributed by atoms with Crippen LogP contribution in [0, 0.1) is 50.2 Å². The van der Waals surface area contributed by atoms with Crippen LogP contribution < -0.4 is 0 Å². The molecule has 4 saturated carbocycles. The van der Waals surface area contributed by atoms with Crippen molar-refractivity contribution in [3.63, 3.8) is 0 Å². The Labute approximate surface area is 487 Å². The number of carbonyl (C=O) groups is 3. The highest BCUT2D eigenvalue weighted by Crippen LogP contribution is 2.76. The molecule has 26 heteroatoms. The van der Waals surface area contributed by atoms with Crippen LogP contribution in [-0.2, 0) is 57.0 Å². The quantitative estimate of drug-likeness (QED) is 0.0272. The van der Waals surface area contributed by atoms with Gasteiger partial charge >= 0.3 is 11.9 Å². The number of hydrogen-bond donors (Lipinski definition) is 14. The van der Waals surface area contributed by atoms with Crippen molar-refractivity contribution in [1.82, 2.24) is 0 Å². The summed E-state index contributed by atoms with van der Waals surface area (Å²) in [4.78, 5) is 40.7. The summed E-state index contributed by atoms with van der Waals surface area (Å²) in [5.41, 5.74) is -3.14. The highest BCUT2D eigenvalue weighted by atomic mass is 16.8. The van der Waals surface area contributed by atoms with E-state index in [-0.39, 0.29) is 30.1 Å². The number of aldehydes is 1. The van der Waals surface area contributed by atoms with Gasteiger partial charge in [-0.15, -0.1) is 0 Å². The summed E-state index contributed by atoms with van der Waals surface area (Å²) in [5.74, 6) is -3.15. The Morgan fingerprint density at radius 3 is 1.81 bits per heavy atom. The minimum absolute atomic E-state index is 0.103. The maximum Gasteiger partial charge on any atom is 0.335 e. The van der Waals surface area contributed by atoms with Crippen LogP contribution in [0.3, 0.4) is 0 Å². The van der Waals surface area contributed by atoms with Gasteiger partial charge in [0.15, 0.2) is 31.3 Å². The smallest absolute Gasteiger partial charge is 0.335 e. The van der Waals surface area contributed by atoms with E-state index in [0.717, 1.165) is 11.9 Å². The molecular weight excluding hydrogens is 1110 g/mol. The zero-order valence-corrected chi connectivity index (χ0v) is 48.8. The number of aliphatic hydroxyl groups is 13. The fourth-order valence-electron chi connectivity index (χ4n) is 16.9. The summed E-state index contributed by atoms with van der Waals surface area (Å²) in [6, 6.07) is 0. The van der Waals surface area contributed by atoms with Crippen LogP contribution in [0.2, 0.25) is 0 Å². The molecule has 0 radical (unpaired) electrons. The molecule has 4 heterocycles. The first-order valence-corrected chi connectivity index (χ1v) is 29.4. The third-order valence-corrected chi connectivity index (χ3v) is 22.1. The van der Waals surface area contributed by atoms with Crippen LogP contribution in [0.5, 0.6) is 0 Å². The van der Waals surface area contributed by atoms with E-state index in [4.69, 9.17) is 42.6 Å². The zero-order valence-electron chi connectivity index (χ0n) is 48.8. The average molecular weight is 1200 g/mol. The Balaban J connectivity index is 1.05. The van der Waals surface area contributed by atoms with Gasteiger partial charge in [-0.3, -0.25) is 0 Å². The Kier molecular flexibility index (Phi) is 18.9. The van der Waals surface area contributed by atoms with Crippen LogP contribution in [0.1, 0.15) is 107 Å². The summed E-state index contributed by atoms with van der Waals surface area (Å²) in [6.07, 6.45) is -32.0. The van der Waals surface area contributed by atoms with Gasteiger partial charge in [0.25, 0.3) is 0 Å². The van der Waals surface area contributed by atoms with Gasteiger partial charge in [0, 0.05) is 5.57 Å². The second-order valence-electron chi connectivity index (χ2n) is 27.1. The Morgan fingerprint density at radius 2 is 1.25 bits per heavy atom. The fourth-order valence-corrected chi connectivity index (χ4v) is 16.9. The van der Waals surface area contributed by atoms with Gasteiger partial charge in [-0.25, -0.2) is 9.59 Å². The number of esters is 1. The molecule has 84 heavy (non-hydrogen) atoms. The second-order valence-corrected chi connectivity index (χ2v) is 27.1. The minimum atomic E-state index is -2.30. The first-order valence-electron chi connectivity index (χ1n) is 29.4. The van der Waals surface area contributed by atoms with Gasteiger partial charge < -0.3 is 119 Å². The third-order valence-electron chi connectivity index (χ3n) is 22.1. The number of rotatable bonds is 15. The largest absolute Gasteiger partial charge is 0.479 e. The lowest BCUT2D eigenvalue weighted by Crippen LogP contribution is -2.70. The van der Waals surface area contributed by atoms with E-state index < -0.39 is 206 Å². The maximum atomic E-state index is 14.2. The Bertz CT molecular complexity index is 2440. The molecule has 5 aliphatic carbocycles. The molecule has 4 saturated heterocycles. The lowest BCUT2D eigenvalue weighted by atomic mass is 9.33. The molecule has 0 amide bonds. The van der Waals surface area contributed by atoms with Crippen molar-refractivity contribution < 1.29 is 129 Å². The van der Waals surface area contributed by atoms with Crippen LogP contribution in [0.15, 0.2) is 23.3 Å². The Hall–Kier alpha value is -2.75. The topological polar surface area (TPSA) is 418 Å². The van der Waals surface area contributed by atoms with Crippen LogP contribution in [0.4, 0.5) is 0 Å². The van der Waals surface area contributed by atoms with Crippen LogP contribution >= 0.6 is 0 Å². The van der Waals surface area contributed by atoms with Crippen molar-refractivity contribution >= 4 is 18.2 Å². The van der Waals surface area contributed by atoms with E-state index in [9.17, 15) is 85.9 Å². The van der Waals surface area contributed by atoms with Crippen LogP contribution in [-0.4, -0.2) is 251 Å². The number of ether oxygens (including phenoxy) is 9. The highest BCUT2D eigenvalue weighted by molar-refractivity contribution is 5.87. The number of carboxylic acid groups (broad SMARTS) is 1.